The van der Waals surface area contributed by atoms with Gasteiger partial charge in [-0.2, -0.15) is 0 Å². The van der Waals surface area contributed by atoms with E-state index in [0.717, 1.165) is 12.8 Å². The van der Waals surface area contributed by atoms with Gasteiger partial charge in [0, 0.05) is 6.42 Å². The third kappa shape index (κ3) is 17.7. The van der Waals surface area contributed by atoms with E-state index < -0.39 is 5.97 Å². The van der Waals surface area contributed by atoms with Crippen molar-refractivity contribution in [2.75, 3.05) is 0 Å². The minimum absolute atomic E-state index is 0.0648. The van der Waals surface area contributed by atoms with Crippen molar-refractivity contribution in [3.8, 4) is 0 Å². The highest BCUT2D eigenvalue weighted by Crippen LogP contribution is 1.91. The molecule has 0 amide bonds. The van der Waals surface area contributed by atoms with Gasteiger partial charge in [-0.15, -0.1) is 0 Å². The maximum Gasteiger partial charge on any atom is 0.303 e. The van der Waals surface area contributed by atoms with Crippen LogP contribution in [-0.4, -0.2) is 22.3 Å². The summed E-state index contributed by atoms with van der Waals surface area (Å²) in [4.78, 5) is 9.37. The van der Waals surface area contributed by atoms with Gasteiger partial charge in [0.25, 0.3) is 0 Å². The molecule has 0 aromatic heterocycles. The van der Waals surface area contributed by atoms with E-state index in [4.69, 9.17) is 10.2 Å². The van der Waals surface area contributed by atoms with Crippen LogP contribution in [0.4, 0.5) is 0 Å². The summed E-state index contributed by atoms with van der Waals surface area (Å²) in [5.74, 6) is -0.745. The van der Waals surface area contributed by atoms with Crippen LogP contribution in [-0.2, 0) is 4.79 Å². The summed E-state index contributed by atoms with van der Waals surface area (Å²) in [5, 5.41) is 16.4. The summed E-state index contributed by atoms with van der Waals surface area (Å²) in [7, 11) is 0. The lowest BCUT2D eigenvalue weighted by molar-refractivity contribution is -0.136. The molecule has 3 heteroatoms. The lowest BCUT2D eigenvalue weighted by atomic mass is 10.2. The van der Waals surface area contributed by atoms with Gasteiger partial charge in [-0.25, -0.2) is 0 Å². The summed E-state index contributed by atoms with van der Waals surface area (Å²) < 4.78 is 0. The summed E-state index contributed by atoms with van der Waals surface area (Å²) in [6.07, 6.45) is 1.93. The number of hydrogen-bond acceptors (Lipinski definition) is 2. The van der Waals surface area contributed by atoms with Crippen LogP contribution < -0.4 is 0 Å². The van der Waals surface area contributed by atoms with Crippen molar-refractivity contribution < 1.29 is 15.0 Å². The van der Waals surface area contributed by atoms with Crippen molar-refractivity contribution in [1.29, 1.82) is 0 Å². The molecule has 2 N–H and O–H groups in total. The summed E-state index contributed by atoms with van der Waals surface area (Å²) in [6.45, 7) is 5.56. The Morgan fingerprint density at radius 2 is 1.55 bits per heavy atom. The number of carbonyl (C=O) groups is 1. The molecule has 0 heterocycles. The zero-order chi connectivity index (χ0) is 9.28. The molecule has 0 atom stereocenters. The molecule has 0 aromatic carbocycles. The Hall–Kier alpha value is -0.570. The molecular formula is C8H18O3. The quantitative estimate of drug-likeness (QED) is 0.663. The normalized spacial score (nSPS) is 8.82. The van der Waals surface area contributed by atoms with Crippen molar-refractivity contribution in [2.24, 2.45) is 0 Å². The monoisotopic (exact) mass is 162 g/mol. The third-order valence-corrected chi connectivity index (χ3v) is 1.24. The van der Waals surface area contributed by atoms with E-state index in [2.05, 4.69) is 0 Å². The molecule has 0 aromatic rings. The first-order valence-electron chi connectivity index (χ1n) is 3.98. The van der Waals surface area contributed by atoms with Crippen LogP contribution in [0.15, 0.2) is 0 Å². The van der Waals surface area contributed by atoms with Gasteiger partial charge in [-0.1, -0.05) is 20.8 Å². The van der Waals surface area contributed by atoms with Gasteiger partial charge in [-0.3, -0.25) is 4.79 Å². The van der Waals surface area contributed by atoms with Gasteiger partial charge >= 0.3 is 5.97 Å². The first-order valence-corrected chi connectivity index (χ1v) is 3.98. The second-order valence-corrected chi connectivity index (χ2v) is 2.22. The number of hydrogen-bond donors (Lipinski definition) is 2. The van der Waals surface area contributed by atoms with E-state index in [1.807, 2.05) is 13.8 Å². The van der Waals surface area contributed by atoms with E-state index in [1.165, 1.54) is 0 Å². The Kier molecular flexibility index (Phi) is 11.2. The maximum absolute atomic E-state index is 9.37. The molecule has 0 bridgehead atoms. The minimum Gasteiger partial charge on any atom is -0.481 e. The average Bonchev–Trinajstić information content (AvgIpc) is 2.04. The lowest BCUT2D eigenvalue weighted by Crippen LogP contribution is -1.99. The molecule has 68 valence electrons. The zero-order valence-corrected chi connectivity index (χ0v) is 7.50. The Morgan fingerprint density at radius 3 is 1.55 bits per heavy atom. The molecule has 11 heavy (non-hydrogen) atoms. The second-order valence-electron chi connectivity index (χ2n) is 2.22. The SMILES string of the molecule is CCC(=O)O.CCC(O)CC. The first-order chi connectivity index (χ1) is 5.08. The molecule has 0 aliphatic carbocycles. The predicted molar refractivity (Wildman–Crippen MR) is 44.5 cm³/mol. The molecule has 0 saturated carbocycles. The van der Waals surface area contributed by atoms with E-state index in [9.17, 15) is 4.79 Å². The van der Waals surface area contributed by atoms with Crippen molar-refractivity contribution >= 4 is 5.97 Å². The molecule has 0 aliphatic rings. The molecule has 0 aliphatic heterocycles. The fraction of sp³-hybridized carbons (Fsp3) is 0.875. The van der Waals surface area contributed by atoms with Gasteiger partial charge in [0.15, 0.2) is 0 Å². The largest absolute Gasteiger partial charge is 0.481 e. The van der Waals surface area contributed by atoms with Crippen molar-refractivity contribution in [3.63, 3.8) is 0 Å². The van der Waals surface area contributed by atoms with Crippen LogP contribution >= 0.6 is 0 Å². The number of aliphatic hydroxyl groups is 1. The fourth-order valence-electron chi connectivity index (χ4n) is 0.289. The third-order valence-electron chi connectivity index (χ3n) is 1.24. The van der Waals surface area contributed by atoms with Crippen molar-refractivity contribution in [1.82, 2.24) is 0 Å². The van der Waals surface area contributed by atoms with E-state index in [1.54, 1.807) is 6.92 Å². The minimum atomic E-state index is -0.745. The van der Waals surface area contributed by atoms with E-state index >= 15 is 0 Å². The van der Waals surface area contributed by atoms with Gasteiger partial charge < -0.3 is 10.2 Å². The van der Waals surface area contributed by atoms with Crippen molar-refractivity contribution in [3.05, 3.63) is 0 Å². The number of aliphatic hydroxyl groups excluding tert-OH is 1. The smallest absolute Gasteiger partial charge is 0.303 e. The Morgan fingerprint density at radius 1 is 1.27 bits per heavy atom. The molecule has 0 saturated heterocycles. The number of aliphatic carboxylic acids is 1. The number of carboxylic acids is 1. The average molecular weight is 162 g/mol. The van der Waals surface area contributed by atoms with Gasteiger partial charge in [-0.05, 0) is 12.8 Å². The highest BCUT2D eigenvalue weighted by molar-refractivity contribution is 5.66. The summed E-state index contributed by atoms with van der Waals surface area (Å²) >= 11 is 0. The van der Waals surface area contributed by atoms with Gasteiger partial charge in [0.05, 0.1) is 6.10 Å². The Labute approximate surface area is 68.0 Å². The molecule has 0 unspecified atom stereocenters. The standard InChI is InChI=1S/C5H12O.C3H6O2/c1-3-5(6)4-2;1-2-3(4)5/h5-6H,3-4H2,1-2H3;2H2,1H3,(H,4,5). The Balaban J connectivity index is 0. The van der Waals surface area contributed by atoms with Gasteiger partial charge in [0.2, 0.25) is 0 Å². The Bertz CT molecular complexity index is 87.3. The molecular weight excluding hydrogens is 144 g/mol. The van der Waals surface area contributed by atoms with E-state index in [0.29, 0.717) is 0 Å². The predicted octanol–water partition coefficient (Wildman–Crippen LogP) is 1.65. The van der Waals surface area contributed by atoms with Crippen LogP contribution in [0.3, 0.4) is 0 Å². The maximum atomic E-state index is 9.37. The second kappa shape index (κ2) is 9.43. The van der Waals surface area contributed by atoms with Crippen LogP contribution in [0.2, 0.25) is 0 Å². The van der Waals surface area contributed by atoms with Gasteiger partial charge in [0.1, 0.15) is 0 Å². The van der Waals surface area contributed by atoms with Crippen LogP contribution in [0.25, 0.3) is 0 Å². The fourth-order valence-corrected chi connectivity index (χ4v) is 0.289. The van der Waals surface area contributed by atoms with E-state index in [-0.39, 0.29) is 12.5 Å². The summed E-state index contributed by atoms with van der Waals surface area (Å²) in [5.41, 5.74) is 0. The highest BCUT2D eigenvalue weighted by atomic mass is 16.4. The molecule has 3 nitrogen and oxygen atoms in total. The molecule has 0 radical (unpaired) electrons. The highest BCUT2D eigenvalue weighted by Gasteiger charge is 1.90. The van der Waals surface area contributed by atoms with Crippen LogP contribution in [0.5, 0.6) is 0 Å². The van der Waals surface area contributed by atoms with Crippen LogP contribution in [0.1, 0.15) is 40.0 Å². The molecule has 0 spiro atoms. The number of rotatable bonds is 3. The lowest BCUT2D eigenvalue weighted by Gasteiger charge is -1.98. The van der Waals surface area contributed by atoms with Crippen molar-refractivity contribution in [2.45, 2.75) is 46.1 Å². The zero-order valence-electron chi connectivity index (χ0n) is 7.50. The number of carboxylic acid groups (broad SMARTS) is 1. The first kappa shape index (κ1) is 13.1. The molecule has 0 fully saturated rings. The molecule has 0 rings (SSSR count). The van der Waals surface area contributed by atoms with Crippen LogP contribution in [0, 0.1) is 0 Å². The topological polar surface area (TPSA) is 57.5 Å². The summed E-state index contributed by atoms with van der Waals surface area (Å²) in [6, 6.07) is 0.